The number of nitro groups is 1. The van der Waals surface area contributed by atoms with Gasteiger partial charge in [-0.05, 0) is 43.7 Å². The van der Waals surface area contributed by atoms with E-state index >= 15 is 0 Å². The van der Waals surface area contributed by atoms with Gasteiger partial charge >= 0.3 is 5.97 Å². The summed E-state index contributed by atoms with van der Waals surface area (Å²) >= 11 is 0. The maximum Gasteiger partial charge on any atom is 0.339 e. The van der Waals surface area contributed by atoms with Crippen molar-refractivity contribution in [1.82, 2.24) is 0 Å². The van der Waals surface area contributed by atoms with E-state index in [1.807, 2.05) is 13.0 Å². The number of nitrogens with zero attached hydrogens (tertiary/aromatic N) is 1. The molecule has 1 amide bonds. The van der Waals surface area contributed by atoms with Crippen LogP contribution in [0.2, 0.25) is 0 Å². The summed E-state index contributed by atoms with van der Waals surface area (Å²) in [5.41, 5.74) is 1.33. The van der Waals surface area contributed by atoms with E-state index in [1.165, 1.54) is 33.2 Å². The van der Waals surface area contributed by atoms with Crippen molar-refractivity contribution in [2.45, 2.75) is 20.0 Å². The number of methoxy groups -OCH3 is 1. The number of anilines is 2. The first-order valence-corrected chi connectivity index (χ1v) is 8.39. The van der Waals surface area contributed by atoms with Crippen molar-refractivity contribution in [1.29, 1.82) is 0 Å². The SMILES string of the molecule is CNc1ccc(C(=O)O[C@@H](C)C(=O)Nc2cc(C)ccc2OC)cc1[N+](=O)[O-]. The number of amides is 1. The van der Waals surface area contributed by atoms with Gasteiger partial charge in [0.1, 0.15) is 11.4 Å². The summed E-state index contributed by atoms with van der Waals surface area (Å²) in [7, 11) is 3.01. The number of rotatable bonds is 7. The topological polar surface area (TPSA) is 120 Å². The lowest BCUT2D eigenvalue weighted by Crippen LogP contribution is -2.30. The number of carbonyl (C=O) groups is 2. The molecule has 0 radical (unpaired) electrons. The zero-order chi connectivity index (χ0) is 20.8. The quantitative estimate of drug-likeness (QED) is 0.425. The third-order valence-corrected chi connectivity index (χ3v) is 3.97. The first-order chi connectivity index (χ1) is 13.3. The number of esters is 1. The molecule has 148 valence electrons. The number of hydrogen-bond donors (Lipinski definition) is 2. The van der Waals surface area contributed by atoms with Crippen LogP contribution in [0.4, 0.5) is 17.1 Å². The molecule has 28 heavy (non-hydrogen) atoms. The number of benzene rings is 2. The number of hydrogen-bond acceptors (Lipinski definition) is 7. The second kappa shape index (κ2) is 8.85. The van der Waals surface area contributed by atoms with Gasteiger partial charge in [0.2, 0.25) is 0 Å². The van der Waals surface area contributed by atoms with Gasteiger partial charge in [-0.2, -0.15) is 0 Å². The van der Waals surface area contributed by atoms with Crippen LogP contribution in [-0.2, 0) is 9.53 Å². The molecular formula is C19H21N3O6. The summed E-state index contributed by atoms with van der Waals surface area (Å²) < 4.78 is 10.3. The van der Waals surface area contributed by atoms with E-state index < -0.39 is 22.9 Å². The Morgan fingerprint density at radius 1 is 1.14 bits per heavy atom. The van der Waals surface area contributed by atoms with Crippen LogP contribution in [0.5, 0.6) is 5.75 Å². The summed E-state index contributed by atoms with van der Waals surface area (Å²) in [6, 6.07) is 9.16. The molecule has 0 heterocycles. The smallest absolute Gasteiger partial charge is 0.339 e. The molecule has 0 aliphatic rings. The van der Waals surface area contributed by atoms with Crippen molar-refractivity contribution in [3.63, 3.8) is 0 Å². The second-order valence-electron chi connectivity index (χ2n) is 5.98. The molecule has 2 N–H and O–H groups in total. The zero-order valence-corrected chi connectivity index (χ0v) is 15.9. The molecule has 0 aromatic heterocycles. The van der Waals surface area contributed by atoms with Gasteiger partial charge in [-0.15, -0.1) is 0 Å². The van der Waals surface area contributed by atoms with E-state index in [0.717, 1.165) is 11.6 Å². The van der Waals surface area contributed by atoms with E-state index in [0.29, 0.717) is 11.4 Å². The summed E-state index contributed by atoms with van der Waals surface area (Å²) in [5.74, 6) is -0.932. The van der Waals surface area contributed by atoms with E-state index in [-0.39, 0.29) is 16.9 Å². The Morgan fingerprint density at radius 2 is 1.86 bits per heavy atom. The minimum Gasteiger partial charge on any atom is -0.495 e. The number of nitro benzene ring substituents is 1. The van der Waals surface area contributed by atoms with Crippen molar-refractivity contribution < 1.29 is 24.0 Å². The molecule has 9 nitrogen and oxygen atoms in total. The van der Waals surface area contributed by atoms with E-state index in [1.54, 1.807) is 12.1 Å². The predicted octanol–water partition coefficient (Wildman–Crippen LogP) is 3.14. The summed E-state index contributed by atoms with van der Waals surface area (Å²) in [4.78, 5) is 35.2. The van der Waals surface area contributed by atoms with Crippen LogP contribution in [0, 0.1) is 17.0 Å². The van der Waals surface area contributed by atoms with Crippen molar-refractivity contribution in [2.24, 2.45) is 0 Å². The van der Waals surface area contributed by atoms with E-state index in [4.69, 9.17) is 9.47 Å². The lowest BCUT2D eigenvalue weighted by Gasteiger charge is -2.16. The Bertz CT molecular complexity index is 913. The van der Waals surface area contributed by atoms with Gasteiger partial charge < -0.3 is 20.1 Å². The average Bonchev–Trinajstić information content (AvgIpc) is 2.67. The molecule has 0 saturated carbocycles. The summed E-state index contributed by atoms with van der Waals surface area (Å²) in [5, 5.41) is 16.4. The van der Waals surface area contributed by atoms with Crippen molar-refractivity contribution in [3.05, 3.63) is 57.6 Å². The van der Waals surface area contributed by atoms with Gasteiger partial charge in [0, 0.05) is 13.1 Å². The van der Waals surface area contributed by atoms with E-state index in [2.05, 4.69) is 10.6 Å². The highest BCUT2D eigenvalue weighted by atomic mass is 16.6. The van der Waals surface area contributed by atoms with Crippen molar-refractivity contribution in [2.75, 3.05) is 24.8 Å². The van der Waals surface area contributed by atoms with Gasteiger partial charge in [-0.3, -0.25) is 14.9 Å². The Kier molecular flexibility index (Phi) is 6.54. The molecule has 0 aliphatic carbocycles. The molecule has 0 bridgehead atoms. The summed E-state index contributed by atoms with van der Waals surface area (Å²) in [6.07, 6.45) is -1.12. The largest absolute Gasteiger partial charge is 0.495 e. The van der Waals surface area contributed by atoms with E-state index in [9.17, 15) is 19.7 Å². The first kappa shape index (κ1) is 20.7. The molecule has 0 unspecified atom stereocenters. The second-order valence-corrected chi connectivity index (χ2v) is 5.98. The Morgan fingerprint density at radius 3 is 2.46 bits per heavy atom. The highest BCUT2D eigenvalue weighted by Crippen LogP contribution is 2.27. The molecule has 1 atom stereocenters. The molecule has 0 saturated heterocycles. The first-order valence-electron chi connectivity index (χ1n) is 8.39. The molecule has 9 heteroatoms. The van der Waals surface area contributed by atoms with Crippen LogP contribution in [0.15, 0.2) is 36.4 Å². The lowest BCUT2D eigenvalue weighted by atomic mass is 10.1. The average molecular weight is 387 g/mol. The predicted molar refractivity (Wildman–Crippen MR) is 104 cm³/mol. The molecule has 0 spiro atoms. The van der Waals surface area contributed by atoms with Crippen LogP contribution in [0.3, 0.4) is 0 Å². The number of aryl methyl sites for hydroxylation is 1. The highest BCUT2D eigenvalue weighted by molar-refractivity contribution is 5.98. The highest BCUT2D eigenvalue weighted by Gasteiger charge is 2.23. The fourth-order valence-corrected chi connectivity index (χ4v) is 2.46. The Labute approximate surface area is 161 Å². The lowest BCUT2D eigenvalue weighted by molar-refractivity contribution is -0.384. The van der Waals surface area contributed by atoms with Gasteiger partial charge in [0.25, 0.3) is 11.6 Å². The normalized spacial score (nSPS) is 11.3. The van der Waals surface area contributed by atoms with Crippen LogP contribution >= 0.6 is 0 Å². The summed E-state index contributed by atoms with van der Waals surface area (Å²) in [6.45, 7) is 3.27. The van der Waals surface area contributed by atoms with Crippen LogP contribution in [0.25, 0.3) is 0 Å². The number of nitrogens with one attached hydrogen (secondary N) is 2. The minimum atomic E-state index is -1.12. The van der Waals surface area contributed by atoms with Crippen molar-refractivity contribution in [3.8, 4) is 5.75 Å². The zero-order valence-electron chi connectivity index (χ0n) is 15.9. The van der Waals surface area contributed by atoms with Gasteiger partial charge in [-0.25, -0.2) is 4.79 Å². The molecule has 0 fully saturated rings. The van der Waals surface area contributed by atoms with Crippen LogP contribution in [-0.4, -0.2) is 37.1 Å². The van der Waals surface area contributed by atoms with Gasteiger partial charge in [0.15, 0.2) is 6.10 Å². The standard InChI is InChI=1S/C19H21N3O6/c1-11-5-8-17(27-4)15(9-11)21-18(23)12(2)28-19(24)13-6-7-14(20-3)16(10-13)22(25)26/h5-10,12,20H,1-4H3,(H,21,23)/t12-/m0/s1. The van der Waals surface area contributed by atoms with Crippen LogP contribution < -0.4 is 15.4 Å². The molecule has 2 aromatic carbocycles. The van der Waals surface area contributed by atoms with Crippen molar-refractivity contribution >= 4 is 28.9 Å². The number of carbonyl (C=O) groups excluding carboxylic acids is 2. The third-order valence-electron chi connectivity index (χ3n) is 3.97. The van der Waals surface area contributed by atoms with Gasteiger partial charge in [-0.1, -0.05) is 6.07 Å². The Balaban J connectivity index is 2.12. The minimum absolute atomic E-state index is 0.0292. The monoisotopic (exact) mass is 387 g/mol. The Hall–Kier alpha value is -3.62. The molecule has 0 aliphatic heterocycles. The fourth-order valence-electron chi connectivity index (χ4n) is 2.46. The van der Waals surface area contributed by atoms with Gasteiger partial charge in [0.05, 0.1) is 23.3 Å². The molecular weight excluding hydrogens is 366 g/mol. The number of ether oxygens (including phenoxy) is 2. The molecule has 2 rings (SSSR count). The third kappa shape index (κ3) is 4.76. The molecule has 2 aromatic rings. The maximum absolute atomic E-state index is 12.4. The maximum atomic E-state index is 12.4. The fraction of sp³-hybridized carbons (Fsp3) is 0.263. The van der Waals surface area contributed by atoms with Crippen LogP contribution in [0.1, 0.15) is 22.8 Å².